The second-order valence-corrected chi connectivity index (χ2v) is 3.46. The number of aliphatic carboxylic acids is 2. The lowest BCUT2D eigenvalue weighted by molar-refractivity contribution is -0.140. The van der Waals surface area contributed by atoms with Crippen molar-refractivity contribution in [1.29, 1.82) is 0 Å². The van der Waals surface area contributed by atoms with Gasteiger partial charge in [-0.2, -0.15) is 0 Å². The maximum Gasteiger partial charge on any atom is 0.322 e. The van der Waals surface area contributed by atoms with Crippen LogP contribution in [-0.4, -0.2) is 28.2 Å². The summed E-state index contributed by atoms with van der Waals surface area (Å²) in [6.07, 6.45) is -0.176. The summed E-state index contributed by atoms with van der Waals surface area (Å²) in [6.45, 7) is 0. The summed E-state index contributed by atoms with van der Waals surface area (Å²) in [5.41, 5.74) is 6.02. The van der Waals surface area contributed by atoms with Crippen molar-refractivity contribution in [1.82, 2.24) is 5.43 Å². The van der Waals surface area contributed by atoms with E-state index in [1.165, 1.54) is 0 Å². The van der Waals surface area contributed by atoms with E-state index < -0.39 is 18.0 Å². The molecule has 0 saturated heterocycles. The van der Waals surface area contributed by atoms with Gasteiger partial charge >= 0.3 is 11.9 Å². The number of hydrogen-bond acceptors (Lipinski definition) is 4. The molecule has 1 aromatic rings. The molecule has 1 aromatic carbocycles. The number of hydrogen-bond donors (Lipinski definition) is 4. The molecule has 0 aliphatic heterocycles. The maximum atomic E-state index is 10.8. The van der Waals surface area contributed by atoms with Crippen LogP contribution in [0.5, 0.6) is 0 Å². The van der Waals surface area contributed by atoms with Gasteiger partial charge in [-0.15, -0.1) is 0 Å². The summed E-state index contributed by atoms with van der Waals surface area (Å²) in [4.78, 5) is 21.2. The number of benzene rings is 1. The zero-order valence-corrected chi connectivity index (χ0v) is 9.09. The lowest BCUT2D eigenvalue weighted by atomic mass is 10.2. The molecule has 0 aliphatic rings. The minimum Gasteiger partial charge on any atom is -0.481 e. The Balaban J connectivity index is 2.45. The third kappa shape index (κ3) is 4.98. The summed E-state index contributed by atoms with van der Waals surface area (Å²) in [5.74, 6) is -2.10. The van der Waals surface area contributed by atoms with E-state index in [1.807, 2.05) is 6.07 Å². The van der Waals surface area contributed by atoms with Gasteiger partial charge in [0.1, 0.15) is 6.04 Å². The van der Waals surface area contributed by atoms with Gasteiger partial charge in [-0.25, -0.2) is 5.43 Å². The number of para-hydroxylation sites is 1. The predicted octanol–water partition coefficient (Wildman–Crippen LogP) is 0.921. The van der Waals surface area contributed by atoms with Crippen molar-refractivity contribution in [2.45, 2.75) is 18.9 Å². The molecule has 92 valence electrons. The van der Waals surface area contributed by atoms with E-state index in [4.69, 9.17) is 10.2 Å². The van der Waals surface area contributed by atoms with Gasteiger partial charge in [-0.1, -0.05) is 18.2 Å². The first-order valence-corrected chi connectivity index (χ1v) is 5.11. The van der Waals surface area contributed by atoms with Crippen LogP contribution in [0.25, 0.3) is 0 Å². The minimum absolute atomic E-state index is 0.0184. The van der Waals surface area contributed by atoms with Crippen LogP contribution in [0.3, 0.4) is 0 Å². The quantitative estimate of drug-likeness (QED) is 0.527. The van der Waals surface area contributed by atoms with Gasteiger partial charge in [0.15, 0.2) is 0 Å². The highest BCUT2D eigenvalue weighted by molar-refractivity contribution is 5.75. The summed E-state index contributed by atoms with van der Waals surface area (Å²) < 4.78 is 0. The first kappa shape index (κ1) is 13.0. The van der Waals surface area contributed by atoms with Crippen LogP contribution in [0.4, 0.5) is 5.69 Å². The molecule has 0 unspecified atom stereocenters. The standard InChI is InChI=1S/C11H14N2O4/c14-10(15)7-6-9(11(16)17)13-12-8-4-2-1-3-5-8/h1-5,9,12-13H,6-7H2,(H,14,15)(H,16,17)/t9-/m0/s1. The number of carboxylic acids is 2. The van der Waals surface area contributed by atoms with Gasteiger partial charge in [0.25, 0.3) is 0 Å². The molecule has 0 saturated carbocycles. The highest BCUT2D eigenvalue weighted by Gasteiger charge is 2.17. The fourth-order valence-corrected chi connectivity index (χ4v) is 1.22. The normalized spacial score (nSPS) is 11.8. The van der Waals surface area contributed by atoms with E-state index >= 15 is 0 Å². The summed E-state index contributed by atoms with van der Waals surface area (Å²) in [7, 11) is 0. The Labute approximate surface area is 98.2 Å². The van der Waals surface area contributed by atoms with E-state index in [9.17, 15) is 9.59 Å². The molecule has 1 rings (SSSR count). The first-order chi connectivity index (χ1) is 8.09. The number of carbonyl (C=O) groups is 2. The molecule has 0 amide bonds. The Morgan fingerprint density at radius 3 is 2.35 bits per heavy atom. The van der Waals surface area contributed by atoms with Crippen LogP contribution in [0, 0.1) is 0 Å². The highest BCUT2D eigenvalue weighted by Crippen LogP contribution is 2.04. The monoisotopic (exact) mass is 238 g/mol. The summed E-state index contributed by atoms with van der Waals surface area (Å²) in [6, 6.07) is 8.04. The molecule has 0 heterocycles. The first-order valence-electron chi connectivity index (χ1n) is 5.11. The van der Waals surface area contributed by atoms with E-state index in [-0.39, 0.29) is 12.8 Å². The fourth-order valence-electron chi connectivity index (χ4n) is 1.22. The zero-order chi connectivity index (χ0) is 12.7. The Hall–Kier alpha value is -2.08. The third-order valence-electron chi connectivity index (χ3n) is 2.11. The number of carboxylic acid groups (broad SMARTS) is 2. The van der Waals surface area contributed by atoms with Crippen LogP contribution in [0.2, 0.25) is 0 Å². The molecular weight excluding hydrogens is 224 g/mol. The topological polar surface area (TPSA) is 98.7 Å². The van der Waals surface area contributed by atoms with Crippen molar-refractivity contribution < 1.29 is 19.8 Å². The van der Waals surface area contributed by atoms with E-state index in [0.29, 0.717) is 5.69 Å². The molecule has 0 aliphatic carbocycles. The summed E-state index contributed by atoms with van der Waals surface area (Å²) >= 11 is 0. The van der Waals surface area contributed by atoms with Crippen molar-refractivity contribution in [3.63, 3.8) is 0 Å². The van der Waals surface area contributed by atoms with Crippen molar-refractivity contribution in [3.8, 4) is 0 Å². The molecule has 6 nitrogen and oxygen atoms in total. The van der Waals surface area contributed by atoms with Gasteiger partial charge < -0.3 is 15.6 Å². The second kappa shape index (κ2) is 6.49. The molecule has 0 spiro atoms. The zero-order valence-electron chi connectivity index (χ0n) is 9.09. The van der Waals surface area contributed by atoms with Gasteiger partial charge in [0.05, 0.1) is 0 Å². The second-order valence-electron chi connectivity index (χ2n) is 3.46. The number of nitrogens with one attached hydrogen (secondary N) is 2. The van der Waals surface area contributed by atoms with Crippen LogP contribution in [-0.2, 0) is 9.59 Å². The molecule has 0 bridgehead atoms. The molecule has 17 heavy (non-hydrogen) atoms. The van der Waals surface area contributed by atoms with Gasteiger partial charge in [0.2, 0.25) is 0 Å². The van der Waals surface area contributed by atoms with E-state index in [0.717, 1.165) is 0 Å². The van der Waals surface area contributed by atoms with Gasteiger partial charge in [-0.3, -0.25) is 9.59 Å². The lowest BCUT2D eigenvalue weighted by Gasteiger charge is -2.15. The van der Waals surface area contributed by atoms with Crippen molar-refractivity contribution in [2.75, 3.05) is 5.43 Å². The van der Waals surface area contributed by atoms with Crippen LogP contribution >= 0.6 is 0 Å². The largest absolute Gasteiger partial charge is 0.481 e. The van der Waals surface area contributed by atoms with E-state index in [1.54, 1.807) is 24.3 Å². The maximum absolute atomic E-state index is 10.8. The van der Waals surface area contributed by atoms with E-state index in [2.05, 4.69) is 10.9 Å². The minimum atomic E-state index is -1.09. The number of anilines is 1. The van der Waals surface area contributed by atoms with Crippen LogP contribution in [0.15, 0.2) is 30.3 Å². The lowest BCUT2D eigenvalue weighted by Crippen LogP contribution is -2.40. The van der Waals surface area contributed by atoms with Crippen LogP contribution < -0.4 is 10.9 Å². The molecule has 4 N–H and O–H groups in total. The van der Waals surface area contributed by atoms with Crippen molar-refractivity contribution >= 4 is 17.6 Å². The molecule has 6 heteroatoms. The molecule has 1 atom stereocenters. The van der Waals surface area contributed by atoms with Crippen LogP contribution in [0.1, 0.15) is 12.8 Å². The Kier molecular flexibility index (Phi) is 4.96. The highest BCUT2D eigenvalue weighted by atomic mass is 16.4. The predicted molar refractivity (Wildman–Crippen MR) is 61.5 cm³/mol. The molecular formula is C11H14N2O4. The van der Waals surface area contributed by atoms with Crippen molar-refractivity contribution in [3.05, 3.63) is 30.3 Å². The van der Waals surface area contributed by atoms with Gasteiger partial charge in [0, 0.05) is 12.1 Å². The Morgan fingerprint density at radius 1 is 1.18 bits per heavy atom. The SMILES string of the molecule is O=C(O)CC[C@H](NNc1ccccc1)C(=O)O. The number of hydrazine groups is 1. The summed E-state index contributed by atoms with van der Waals surface area (Å²) in [5, 5.41) is 17.4. The Bertz CT molecular complexity index is 380. The van der Waals surface area contributed by atoms with Gasteiger partial charge in [-0.05, 0) is 18.6 Å². The molecule has 0 aromatic heterocycles. The average Bonchev–Trinajstić information content (AvgIpc) is 2.29. The fraction of sp³-hybridized carbons (Fsp3) is 0.273. The molecule has 0 radical (unpaired) electrons. The average molecular weight is 238 g/mol. The molecule has 0 fully saturated rings. The van der Waals surface area contributed by atoms with Crippen molar-refractivity contribution in [2.24, 2.45) is 0 Å². The smallest absolute Gasteiger partial charge is 0.322 e. The third-order valence-corrected chi connectivity index (χ3v) is 2.11. The number of rotatable bonds is 7. The Morgan fingerprint density at radius 2 is 1.82 bits per heavy atom.